The van der Waals surface area contributed by atoms with Gasteiger partial charge in [-0.3, -0.25) is 4.90 Å². The smallest absolute Gasteiger partial charge is 0.326 e. The lowest BCUT2D eigenvalue weighted by Crippen LogP contribution is -2.31. The second kappa shape index (κ2) is 5.44. The molecule has 98 valence electrons. The third-order valence-electron chi connectivity index (χ3n) is 2.79. The van der Waals surface area contributed by atoms with E-state index in [1.165, 1.54) is 11.0 Å². The number of anilines is 2. The Labute approximate surface area is 112 Å². The van der Waals surface area contributed by atoms with Gasteiger partial charge in [-0.05, 0) is 36.8 Å². The Morgan fingerprint density at radius 3 is 2.58 bits per heavy atom. The molecule has 2 aromatic carbocycles. The van der Waals surface area contributed by atoms with E-state index in [0.717, 1.165) is 11.3 Å². The Morgan fingerprint density at radius 2 is 1.89 bits per heavy atom. The molecule has 0 saturated heterocycles. The van der Waals surface area contributed by atoms with Gasteiger partial charge in [-0.2, -0.15) is 0 Å². The number of urea groups is 1. The normalized spacial score (nSPS) is 10.0. The molecule has 0 heterocycles. The summed E-state index contributed by atoms with van der Waals surface area (Å²) in [7, 11) is 1.65. The maximum absolute atomic E-state index is 12.1. The van der Waals surface area contributed by atoms with Gasteiger partial charge in [0.05, 0.1) is 0 Å². The van der Waals surface area contributed by atoms with E-state index in [-0.39, 0.29) is 11.8 Å². The van der Waals surface area contributed by atoms with Gasteiger partial charge in [0.2, 0.25) is 0 Å². The van der Waals surface area contributed by atoms with Gasteiger partial charge in [0.25, 0.3) is 0 Å². The molecule has 0 fully saturated rings. The molecule has 0 radical (unpaired) electrons. The second-order valence-electron chi connectivity index (χ2n) is 4.38. The molecule has 0 aliphatic heterocycles. The Bertz CT molecular complexity index is 596. The molecule has 0 bridgehead atoms. The average molecular weight is 256 g/mol. The van der Waals surface area contributed by atoms with Crippen LogP contribution in [0.5, 0.6) is 5.75 Å². The molecule has 4 nitrogen and oxygen atoms in total. The van der Waals surface area contributed by atoms with Gasteiger partial charge in [0, 0.05) is 24.5 Å². The van der Waals surface area contributed by atoms with Crippen LogP contribution < -0.4 is 10.2 Å². The van der Waals surface area contributed by atoms with Crippen molar-refractivity contribution in [1.29, 1.82) is 0 Å². The predicted molar refractivity (Wildman–Crippen MR) is 76.7 cm³/mol. The maximum atomic E-state index is 12.1. The van der Waals surface area contributed by atoms with E-state index in [0.29, 0.717) is 5.69 Å². The third kappa shape index (κ3) is 3.25. The summed E-state index contributed by atoms with van der Waals surface area (Å²) >= 11 is 0. The molecule has 2 N–H and O–H groups in total. The van der Waals surface area contributed by atoms with E-state index in [2.05, 4.69) is 5.32 Å². The average Bonchev–Trinajstić information content (AvgIpc) is 2.38. The number of aromatic hydroxyl groups is 1. The zero-order chi connectivity index (χ0) is 13.8. The number of benzene rings is 2. The molecule has 0 spiro atoms. The summed E-state index contributed by atoms with van der Waals surface area (Å²) in [4.78, 5) is 13.5. The predicted octanol–water partition coefficient (Wildman–Crippen LogP) is 3.37. The van der Waals surface area contributed by atoms with Crippen LogP contribution in [-0.4, -0.2) is 18.2 Å². The number of nitrogens with zero attached hydrogens (tertiary/aromatic N) is 1. The molecule has 0 aliphatic rings. The first-order chi connectivity index (χ1) is 9.06. The molecule has 2 amide bonds. The van der Waals surface area contributed by atoms with Crippen molar-refractivity contribution >= 4 is 17.4 Å². The summed E-state index contributed by atoms with van der Waals surface area (Å²) in [5, 5.41) is 12.2. The number of rotatable bonds is 2. The van der Waals surface area contributed by atoms with Crippen LogP contribution in [0.15, 0.2) is 48.5 Å². The topological polar surface area (TPSA) is 52.6 Å². The highest BCUT2D eigenvalue weighted by Crippen LogP contribution is 2.20. The highest BCUT2D eigenvalue weighted by molar-refractivity contribution is 6.01. The fourth-order valence-electron chi connectivity index (χ4n) is 1.75. The number of hydrogen-bond acceptors (Lipinski definition) is 2. The zero-order valence-electron chi connectivity index (χ0n) is 10.9. The lowest BCUT2D eigenvalue weighted by atomic mass is 10.2. The minimum Gasteiger partial charge on any atom is -0.508 e. The van der Waals surface area contributed by atoms with Crippen LogP contribution >= 0.6 is 0 Å². The lowest BCUT2D eigenvalue weighted by Gasteiger charge is -2.18. The van der Waals surface area contributed by atoms with Crippen molar-refractivity contribution in [2.24, 2.45) is 0 Å². The van der Waals surface area contributed by atoms with Gasteiger partial charge in [0.15, 0.2) is 0 Å². The summed E-state index contributed by atoms with van der Waals surface area (Å²) in [6, 6.07) is 13.9. The van der Waals surface area contributed by atoms with E-state index < -0.39 is 0 Å². The fourth-order valence-corrected chi connectivity index (χ4v) is 1.75. The molecule has 0 atom stereocenters. The maximum Gasteiger partial charge on any atom is 0.326 e. The molecular weight excluding hydrogens is 240 g/mol. The molecule has 0 unspecified atom stereocenters. The van der Waals surface area contributed by atoms with Gasteiger partial charge < -0.3 is 10.4 Å². The lowest BCUT2D eigenvalue weighted by molar-refractivity contribution is 0.258. The largest absolute Gasteiger partial charge is 0.508 e. The number of carbonyl (C=O) groups is 1. The Balaban J connectivity index is 2.12. The summed E-state index contributed by atoms with van der Waals surface area (Å²) in [6.45, 7) is 1.97. The highest BCUT2D eigenvalue weighted by atomic mass is 16.3. The molecule has 0 saturated carbocycles. The molecule has 2 aromatic rings. The minimum absolute atomic E-state index is 0.132. The molecule has 0 aromatic heterocycles. The first-order valence-corrected chi connectivity index (χ1v) is 5.96. The molecular formula is C15H16N2O2. The molecule has 4 heteroatoms. The van der Waals surface area contributed by atoms with Gasteiger partial charge in [-0.1, -0.05) is 18.2 Å². The van der Waals surface area contributed by atoms with E-state index in [1.807, 2.05) is 31.2 Å². The number of carbonyl (C=O) groups excluding carboxylic acids is 1. The van der Waals surface area contributed by atoms with E-state index in [4.69, 9.17) is 0 Å². The van der Waals surface area contributed by atoms with Gasteiger partial charge in [-0.15, -0.1) is 0 Å². The standard InChI is InChI=1S/C15H16N2O2/c1-11-5-3-6-12(9-11)16-15(19)17(2)13-7-4-8-14(18)10-13/h3-10,18H,1-2H3,(H,16,19). The molecule has 0 aliphatic carbocycles. The number of phenols is 1. The van der Waals surface area contributed by atoms with Crippen molar-refractivity contribution in [3.05, 3.63) is 54.1 Å². The van der Waals surface area contributed by atoms with Crippen molar-refractivity contribution < 1.29 is 9.90 Å². The van der Waals surface area contributed by atoms with Crippen LogP contribution in [0.25, 0.3) is 0 Å². The van der Waals surface area contributed by atoms with Crippen molar-refractivity contribution in [1.82, 2.24) is 0 Å². The second-order valence-corrected chi connectivity index (χ2v) is 4.38. The highest BCUT2D eigenvalue weighted by Gasteiger charge is 2.11. The molecule has 19 heavy (non-hydrogen) atoms. The van der Waals surface area contributed by atoms with Crippen molar-refractivity contribution in [3.8, 4) is 5.75 Å². The van der Waals surface area contributed by atoms with Crippen molar-refractivity contribution in [3.63, 3.8) is 0 Å². The van der Waals surface area contributed by atoms with E-state index in [1.54, 1.807) is 25.2 Å². The van der Waals surface area contributed by atoms with Crippen molar-refractivity contribution in [2.75, 3.05) is 17.3 Å². The quantitative estimate of drug-likeness (QED) is 0.865. The van der Waals surface area contributed by atoms with Crippen LogP contribution in [0, 0.1) is 6.92 Å². The van der Waals surface area contributed by atoms with Crippen LogP contribution in [0.4, 0.5) is 16.2 Å². The Morgan fingerprint density at radius 1 is 1.16 bits per heavy atom. The van der Waals surface area contributed by atoms with Crippen LogP contribution in [0.2, 0.25) is 0 Å². The Kier molecular flexibility index (Phi) is 3.71. The van der Waals surface area contributed by atoms with Crippen LogP contribution in [0.3, 0.4) is 0 Å². The fraction of sp³-hybridized carbons (Fsp3) is 0.133. The number of aryl methyl sites for hydroxylation is 1. The van der Waals surface area contributed by atoms with E-state index >= 15 is 0 Å². The summed E-state index contributed by atoms with van der Waals surface area (Å²) < 4.78 is 0. The Hall–Kier alpha value is -2.49. The number of phenolic OH excluding ortho intramolecular Hbond substituents is 1. The first-order valence-electron chi connectivity index (χ1n) is 5.96. The SMILES string of the molecule is Cc1cccc(NC(=O)N(C)c2cccc(O)c2)c1. The number of amides is 2. The zero-order valence-corrected chi connectivity index (χ0v) is 10.9. The minimum atomic E-state index is -0.254. The number of hydrogen-bond donors (Lipinski definition) is 2. The van der Waals surface area contributed by atoms with Crippen LogP contribution in [-0.2, 0) is 0 Å². The van der Waals surface area contributed by atoms with Gasteiger partial charge >= 0.3 is 6.03 Å². The first kappa shape index (κ1) is 13.0. The molecule has 2 rings (SSSR count). The summed E-state index contributed by atoms with van der Waals surface area (Å²) in [5.74, 6) is 0.132. The summed E-state index contributed by atoms with van der Waals surface area (Å²) in [5.41, 5.74) is 2.46. The monoisotopic (exact) mass is 256 g/mol. The third-order valence-corrected chi connectivity index (χ3v) is 2.79. The number of nitrogens with one attached hydrogen (secondary N) is 1. The van der Waals surface area contributed by atoms with Gasteiger partial charge in [0.1, 0.15) is 5.75 Å². The summed E-state index contributed by atoms with van der Waals surface area (Å²) in [6.07, 6.45) is 0. The van der Waals surface area contributed by atoms with E-state index in [9.17, 15) is 9.90 Å². The van der Waals surface area contributed by atoms with Crippen molar-refractivity contribution in [2.45, 2.75) is 6.92 Å². The van der Waals surface area contributed by atoms with Crippen LogP contribution in [0.1, 0.15) is 5.56 Å². The van der Waals surface area contributed by atoms with Gasteiger partial charge in [-0.25, -0.2) is 4.79 Å².